The molecular weight excluding hydrogens is 244 g/mol. The molecule has 0 spiro atoms. The molecule has 5 nitrogen and oxygen atoms in total. The maximum absolute atomic E-state index is 11.9. The van der Waals surface area contributed by atoms with Gasteiger partial charge in [-0.25, -0.2) is 0 Å². The van der Waals surface area contributed by atoms with Gasteiger partial charge in [-0.15, -0.1) is 0 Å². The van der Waals surface area contributed by atoms with Gasteiger partial charge >= 0.3 is 0 Å². The Kier molecular flexibility index (Phi) is 4.53. The summed E-state index contributed by atoms with van der Waals surface area (Å²) in [4.78, 5) is 23.4. The van der Waals surface area contributed by atoms with Gasteiger partial charge in [-0.2, -0.15) is 0 Å². The van der Waals surface area contributed by atoms with E-state index in [4.69, 9.17) is 0 Å². The molecule has 1 aromatic rings. The molecule has 2 amide bonds. The summed E-state index contributed by atoms with van der Waals surface area (Å²) in [6.45, 7) is 7.27. The van der Waals surface area contributed by atoms with Gasteiger partial charge in [-0.05, 0) is 51.5 Å². The largest absolute Gasteiger partial charge is 0.508 e. The van der Waals surface area contributed by atoms with Crippen LogP contribution >= 0.6 is 0 Å². The predicted octanol–water partition coefficient (Wildman–Crippen LogP) is 1.35. The van der Waals surface area contributed by atoms with Crippen LogP contribution < -0.4 is 10.6 Å². The molecule has 0 aromatic heterocycles. The van der Waals surface area contributed by atoms with Crippen molar-refractivity contribution in [2.75, 3.05) is 6.54 Å². The van der Waals surface area contributed by atoms with Crippen LogP contribution in [0.5, 0.6) is 5.75 Å². The van der Waals surface area contributed by atoms with E-state index < -0.39 is 0 Å². The lowest BCUT2D eigenvalue weighted by Crippen LogP contribution is -2.45. The number of phenols is 1. The molecule has 19 heavy (non-hydrogen) atoms. The van der Waals surface area contributed by atoms with E-state index in [2.05, 4.69) is 10.6 Å². The number of aryl methyl sites for hydroxylation is 1. The van der Waals surface area contributed by atoms with E-state index >= 15 is 0 Å². The van der Waals surface area contributed by atoms with Gasteiger partial charge < -0.3 is 15.7 Å². The van der Waals surface area contributed by atoms with E-state index in [0.717, 1.165) is 0 Å². The van der Waals surface area contributed by atoms with Gasteiger partial charge in [0.05, 0.1) is 6.54 Å². The highest BCUT2D eigenvalue weighted by molar-refractivity contribution is 5.97. The number of hydrogen-bond acceptors (Lipinski definition) is 3. The van der Waals surface area contributed by atoms with Gasteiger partial charge in [0.25, 0.3) is 5.91 Å². The third kappa shape index (κ3) is 4.99. The fourth-order valence-corrected chi connectivity index (χ4v) is 1.62. The van der Waals surface area contributed by atoms with Crippen LogP contribution in [0.2, 0.25) is 0 Å². The summed E-state index contributed by atoms with van der Waals surface area (Å²) in [6.07, 6.45) is 0. The molecule has 0 aliphatic carbocycles. The van der Waals surface area contributed by atoms with Gasteiger partial charge in [-0.3, -0.25) is 9.59 Å². The van der Waals surface area contributed by atoms with E-state index in [9.17, 15) is 14.7 Å². The van der Waals surface area contributed by atoms with Crippen molar-refractivity contribution in [1.29, 1.82) is 0 Å². The molecule has 0 saturated heterocycles. The third-order valence-corrected chi connectivity index (χ3v) is 2.38. The van der Waals surface area contributed by atoms with Crippen molar-refractivity contribution in [3.05, 3.63) is 29.3 Å². The number of carbonyl (C=O) groups excluding carboxylic acids is 2. The lowest BCUT2D eigenvalue weighted by molar-refractivity contribution is -0.121. The quantitative estimate of drug-likeness (QED) is 0.771. The average molecular weight is 264 g/mol. The number of phenolic OH excluding ortho intramolecular Hbond substituents is 1. The number of amides is 2. The van der Waals surface area contributed by atoms with E-state index in [1.54, 1.807) is 6.92 Å². The molecule has 0 radical (unpaired) electrons. The van der Waals surface area contributed by atoms with Crippen LogP contribution in [0, 0.1) is 6.92 Å². The van der Waals surface area contributed by atoms with Gasteiger partial charge in [-0.1, -0.05) is 0 Å². The Morgan fingerprint density at radius 2 is 1.89 bits per heavy atom. The minimum Gasteiger partial charge on any atom is -0.508 e. The van der Waals surface area contributed by atoms with E-state index in [0.29, 0.717) is 11.1 Å². The Morgan fingerprint density at radius 3 is 2.42 bits per heavy atom. The van der Waals surface area contributed by atoms with Gasteiger partial charge in [0, 0.05) is 11.1 Å². The second-order valence-corrected chi connectivity index (χ2v) is 5.48. The molecule has 0 atom stereocenters. The molecular formula is C14H20N2O3. The summed E-state index contributed by atoms with van der Waals surface area (Å²) < 4.78 is 0. The summed E-state index contributed by atoms with van der Waals surface area (Å²) in [7, 11) is 0. The standard InChI is InChI=1S/C14H20N2O3/c1-9-7-10(17)5-6-11(9)13(19)15-8-12(18)16-14(2,3)4/h5-7,17H,8H2,1-4H3,(H,15,19)(H,16,18). The molecule has 0 unspecified atom stereocenters. The Bertz CT molecular complexity index is 490. The Balaban J connectivity index is 2.59. The Labute approximate surface area is 113 Å². The zero-order chi connectivity index (χ0) is 14.6. The van der Waals surface area contributed by atoms with Crippen molar-refractivity contribution in [2.24, 2.45) is 0 Å². The van der Waals surface area contributed by atoms with Crippen LogP contribution in [-0.2, 0) is 4.79 Å². The molecule has 0 saturated carbocycles. The van der Waals surface area contributed by atoms with Crippen molar-refractivity contribution >= 4 is 11.8 Å². The molecule has 1 rings (SSSR count). The molecule has 0 bridgehead atoms. The average Bonchev–Trinajstić information content (AvgIpc) is 2.23. The molecule has 1 aromatic carbocycles. The van der Waals surface area contributed by atoms with Crippen LogP contribution in [0.25, 0.3) is 0 Å². The van der Waals surface area contributed by atoms with Crippen LogP contribution in [-0.4, -0.2) is 29.0 Å². The fourth-order valence-electron chi connectivity index (χ4n) is 1.62. The van der Waals surface area contributed by atoms with Crippen LogP contribution in [0.4, 0.5) is 0 Å². The van der Waals surface area contributed by atoms with Crippen molar-refractivity contribution < 1.29 is 14.7 Å². The number of nitrogens with one attached hydrogen (secondary N) is 2. The van der Waals surface area contributed by atoms with Crippen LogP contribution in [0.1, 0.15) is 36.7 Å². The molecule has 0 aliphatic rings. The predicted molar refractivity (Wildman–Crippen MR) is 73.1 cm³/mol. The number of aromatic hydroxyl groups is 1. The second-order valence-electron chi connectivity index (χ2n) is 5.48. The minimum atomic E-state index is -0.332. The monoisotopic (exact) mass is 264 g/mol. The van der Waals surface area contributed by atoms with Gasteiger partial charge in [0.15, 0.2) is 0 Å². The summed E-state index contributed by atoms with van der Waals surface area (Å²) in [5.41, 5.74) is 0.783. The maximum Gasteiger partial charge on any atom is 0.251 e. The first-order valence-corrected chi connectivity index (χ1v) is 6.08. The van der Waals surface area contributed by atoms with Crippen LogP contribution in [0.15, 0.2) is 18.2 Å². The smallest absolute Gasteiger partial charge is 0.251 e. The first kappa shape index (κ1) is 15.0. The third-order valence-electron chi connectivity index (χ3n) is 2.38. The number of carbonyl (C=O) groups is 2. The molecule has 104 valence electrons. The lowest BCUT2D eigenvalue weighted by atomic mass is 10.1. The first-order valence-electron chi connectivity index (χ1n) is 6.08. The minimum absolute atomic E-state index is 0.0730. The highest BCUT2D eigenvalue weighted by atomic mass is 16.3. The number of benzene rings is 1. The SMILES string of the molecule is Cc1cc(O)ccc1C(=O)NCC(=O)NC(C)(C)C. The zero-order valence-electron chi connectivity index (χ0n) is 11.7. The molecule has 0 fully saturated rings. The first-order chi connectivity index (χ1) is 8.69. The molecule has 5 heteroatoms. The molecule has 0 heterocycles. The normalized spacial score (nSPS) is 10.9. The zero-order valence-corrected chi connectivity index (χ0v) is 11.7. The van der Waals surface area contributed by atoms with E-state index in [1.165, 1.54) is 18.2 Å². The second kappa shape index (κ2) is 5.73. The van der Waals surface area contributed by atoms with E-state index in [-0.39, 0.29) is 29.6 Å². The van der Waals surface area contributed by atoms with Crippen molar-refractivity contribution in [3.63, 3.8) is 0 Å². The fraction of sp³-hybridized carbons (Fsp3) is 0.429. The molecule has 0 aliphatic heterocycles. The lowest BCUT2D eigenvalue weighted by Gasteiger charge is -2.20. The highest BCUT2D eigenvalue weighted by Gasteiger charge is 2.15. The summed E-state index contributed by atoms with van der Waals surface area (Å²) in [5.74, 6) is -0.460. The summed E-state index contributed by atoms with van der Waals surface area (Å²) in [5, 5.41) is 14.6. The van der Waals surface area contributed by atoms with Crippen molar-refractivity contribution in [3.8, 4) is 5.75 Å². The molecule has 3 N–H and O–H groups in total. The Morgan fingerprint density at radius 1 is 1.26 bits per heavy atom. The van der Waals surface area contributed by atoms with Crippen molar-refractivity contribution in [1.82, 2.24) is 10.6 Å². The number of rotatable bonds is 3. The maximum atomic E-state index is 11.9. The summed E-state index contributed by atoms with van der Waals surface area (Å²) >= 11 is 0. The van der Waals surface area contributed by atoms with Crippen molar-refractivity contribution in [2.45, 2.75) is 33.2 Å². The summed E-state index contributed by atoms with van der Waals surface area (Å²) in [6, 6.07) is 4.48. The number of hydrogen-bond donors (Lipinski definition) is 3. The van der Waals surface area contributed by atoms with Gasteiger partial charge in [0.1, 0.15) is 5.75 Å². The van der Waals surface area contributed by atoms with Gasteiger partial charge in [0.2, 0.25) is 5.91 Å². The highest BCUT2D eigenvalue weighted by Crippen LogP contribution is 2.15. The topological polar surface area (TPSA) is 78.4 Å². The Hall–Kier alpha value is -2.04. The van der Waals surface area contributed by atoms with E-state index in [1.807, 2.05) is 20.8 Å². The van der Waals surface area contributed by atoms with Crippen LogP contribution in [0.3, 0.4) is 0 Å².